The van der Waals surface area contributed by atoms with E-state index >= 15 is 0 Å². The average Bonchev–Trinajstić information content (AvgIpc) is 2.28. The maximum Gasteiger partial charge on any atom is 0.230 e. The average molecular weight is 267 g/mol. The summed E-state index contributed by atoms with van der Waals surface area (Å²) < 4.78 is 0. The molecule has 1 aliphatic heterocycles. The minimum atomic E-state index is 0. The Labute approximate surface area is 109 Å². The molecule has 2 N–H and O–H groups in total. The highest BCUT2D eigenvalue weighted by Gasteiger charge is 2.13. The van der Waals surface area contributed by atoms with Crippen molar-refractivity contribution in [3.05, 3.63) is 0 Å². The Kier molecular flexibility index (Phi) is 10.3. The van der Waals surface area contributed by atoms with E-state index in [2.05, 4.69) is 17.6 Å². The fourth-order valence-corrected chi connectivity index (χ4v) is 2.44. The molecule has 0 radical (unpaired) electrons. The molecule has 96 valence electrons. The van der Waals surface area contributed by atoms with Gasteiger partial charge in [-0.1, -0.05) is 6.92 Å². The smallest absolute Gasteiger partial charge is 0.230 e. The molecule has 1 rings (SSSR count). The van der Waals surface area contributed by atoms with Crippen LogP contribution in [-0.2, 0) is 4.79 Å². The predicted molar refractivity (Wildman–Crippen MR) is 73.5 cm³/mol. The molecule has 0 aromatic carbocycles. The summed E-state index contributed by atoms with van der Waals surface area (Å²) in [7, 11) is 0. The zero-order valence-corrected chi connectivity index (χ0v) is 11.6. The SMILES string of the molecule is CCCSCC(=O)NCC1CCCNC1.Cl. The van der Waals surface area contributed by atoms with Crippen molar-refractivity contribution >= 4 is 30.1 Å². The van der Waals surface area contributed by atoms with Crippen LogP contribution in [-0.4, -0.2) is 37.0 Å². The molecule has 1 amide bonds. The monoisotopic (exact) mass is 266 g/mol. The number of halogens is 1. The second-order valence-corrected chi connectivity index (χ2v) is 5.17. The van der Waals surface area contributed by atoms with Crippen molar-refractivity contribution in [1.82, 2.24) is 10.6 Å². The van der Waals surface area contributed by atoms with Crippen molar-refractivity contribution < 1.29 is 4.79 Å². The van der Waals surface area contributed by atoms with Crippen LogP contribution in [0.2, 0.25) is 0 Å². The van der Waals surface area contributed by atoms with Crippen molar-refractivity contribution in [3.8, 4) is 0 Å². The van der Waals surface area contributed by atoms with Gasteiger partial charge in [-0.2, -0.15) is 11.8 Å². The quantitative estimate of drug-likeness (QED) is 0.719. The number of thioether (sulfide) groups is 1. The van der Waals surface area contributed by atoms with Crippen LogP contribution < -0.4 is 10.6 Å². The Morgan fingerprint density at radius 1 is 1.56 bits per heavy atom. The van der Waals surface area contributed by atoms with Gasteiger partial charge in [0.05, 0.1) is 5.75 Å². The fraction of sp³-hybridized carbons (Fsp3) is 0.909. The Morgan fingerprint density at radius 3 is 3.00 bits per heavy atom. The lowest BCUT2D eigenvalue weighted by Gasteiger charge is -2.22. The van der Waals surface area contributed by atoms with Crippen LogP contribution in [0.15, 0.2) is 0 Å². The van der Waals surface area contributed by atoms with Gasteiger partial charge in [-0.3, -0.25) is 4.79 Å². The van der Waals surface area contributed by atoms with E-state index in [0.29, 0.717) is 11.7 Å². The van der Waals surface area contributed by atoms with E-state index in [1.807, 2.05) is 0 Å². The molecule has 1 fully saturated rings. The summed E-state index contributed by atoms with van der Waals surface area (Å²) in [6.07, 6.45) is 3.63. The van der Waals surface area contributed by atoms with Gasteiger partial charge < -0.3 is 10.6 Å². The van der Waals surface area contributed by atoms with Crippen molar-refractivity contribution in [2.24, 2.45) is 5.92 Å². The zero-order valence-electron chi connectivity index (χ0n) is 9.96. The van der Waals surface area contributed by atoms with Crippen molar-refractivity contribution in [1.29, 1.82) is 0 Å². The highest BCUT2D eigenvalue weighted by Crippen LogP contribution is 2.08. The van der Waals surface area contributed by atoms with Crippen LogP contribution in [0.3, 0.4) is 0 Å². The van der Waals surface area contributed by atoms with Gasteiger partial charge in [-0.15, -0.1) is 12.4 Å². The van der Waals surface area contributed by atoms with Crippen molar-refractivity contribution in [3.63, 3.8) is 0 Å². The molecule has 0 spiro atoms. The van der Waals surface area contributed by atoms with Gasteiger partial charge in [0.15, 0.2) is 0 Å². The third-order valence-corrected chi connectivity index (χ3v) is 3.73. The molecule has 1 saturated heterocycles. The van der Waals surface area contributed by atoms with Crippen LogP contribution in [0.5, 0.6) is 0 Å². The van der Waals surface area contributed by atoms with Gasteiger partial charge in [0, 0.05) is 6.54 Å². The number of carbonyl (C=O) groups is 1. The van der Waals surface area contributed by atoms with Gasteiger partial charge in [-0.05, 0) is 44.0 Å². The van der Waals surface area contributed by atoms with E-state index < -0.39 is 0 Å². The summed E-state index contributed by atoms with van der Waals surface area (Å²) in [5.74, 6) is 2.53. The first-order valence-electron chi connectivity index (χ1n) is 5.88. The minimum Gasteiger partial charge on any atom is -0.355 e. The molecular weight excluding hydrogens is 244 g/mol. The predicted octanol–water partition coefficient (Wildman–Crippen LogP) is 1.67. The number of piperidine rings is 1. The number of nitrogens with one attached hydrogen (secondary N) is 2. The summed E-state index contributed by atoms with van der Waals surface area (Å²) in [5.41, 5.74) is 0. The Hall–Kier alpha value is 0.0700. The summed E-state index contributed by atoms with van der Waals surface area (Å²) in [4.78, 5) is 11.4. The summed E-state index contributed by atoms with van der Waals surface area (Å²) in [6.45, 7) is 5.18. The third-order valence-electron chi connectivity index (χ3n) is 2.57. The van der Waals surface area contributed by atoms with Crippen molar-refractivity contribution in [2.75, 3.05) is 31.1 Å². The highest BCUT2D eigenvalue weighted by atomic mass is 35.5. The fourth-order valence-electron chi connectivity index (χ4n) is 1.72. The molecule has 1 heterocycles. The Balaban J connectivity index is 0.00000225. The molecule has 1 atom stereocenters. The molecular formula is C11H23ClN2OS. The van der Waals surface area contributed by atoms with Crippen LogP contribution in [0.25, 0.3) is 0 Å². The van der Waals surface area contributed by atoms with E-state index in [1.54, 1.807) is 11.8 Å². The van der Waals surface area contributed by atoms with Crippen LogP contribution >= 0.6 is 24.2 Å². The molecule has 1 unspecified atom stereocenters. The second-order valence-electron chi connectivity index (χ2n) is 4.07. The largest absolute Gasteiger partial charge is 0.355 e. The number of hydrogen-bond donors (Lipinski definition) is 2. The van der Waals surface area contributed by atoms with Gasteiger partial charge in [0.25, 0.3) is 0 Å². The summed E-state index contributed by atoms with van der Waals surface area (Å²) in [6, 6.07) is 0. The molecule has 0 aromatic rings. The molecule has 0 bridgehead atoms. The second kappa shape index (κ2) is 10.2. The summed E-state index contributed by atoms with van der Waals surface area (Å²) >= 11 is 1.72. The van der Waals surface area contributed by atoms with E-state index in [-0.39, 0.29) is 18.3 Å². The number of hydrogen-bond acceptors (Lipinski definition) is 3. The number of amides is 1. The molecule has 3 nitrogen and oxygen atoms in total. The van der Waals surface area contributed by atoms with E-state index in [0.717, 1.165) is 31.8 Å². The lowest BCUT2D eigenvalue weighted by atomic mass is 10.00. The molecule has 5 heteroatoms. The molecule has 16 heavy (non-hydrogen) atoms. The zero-order chi connectivity index (χ0) is 10.9. The molecule has 0 saturated carbocycles. The van der Waals surface area contributed by atoms with Crippen LogP contribution in [0, 0.1) is 5.92 Å². The van der Waals surface area contributed by atoms with E-state index in [1.165, 1.54) is 12.8 Å². The maximum atomic E-state index is 11.4. The van der Waals surface area contributed by atoms with E-state index in [4.69, 9.17) is 0 Å². The number of carbonyl (C=O) groups excluding carboxylic acids is 1. The number of rotatable bonds is 6. The van der Waals surface area contributed by atoms with E-state index in [9.17, 15) is 4.79 Å². The van der Waals surface area contributed by atoms with Crippen molar-refractivity contribution in [2.45, 2.75) is 26.2 Å². The maximum absolute atomic E-state index is 11.4. The summed E-state index contributed by atoms with van der Waals surface area (Å²) in [5, 5.41) is 6.37. The molecule has 0 aliphatic carbocycles. The van der Waals surface area contributed by atoms with Gasteiger partial charge in [0.2, 0.25) is 5.91 Å². The first kappa shape index (κ1) is 16.1. The van der Waals surface area contributed by atoms with Gasteiger partial charge in [0.1, 0.15) is 0 Å². The highest BCUT2D eigenvalue weighted by molar-refractivity contribution is 7.99. The molecule has 0 aromatic heterocycles. The van der Waals surface area contributed by atoms with Gasteiger partial charge >= 0.3 is 0 Å². The Morgan fingerprint density at radius 2 is 2.38 bits per heavy atom. The molecule has 1 aliphatic rings. The lowest BCUT2D eigenvalue weighted by molar-refractivity contribution is -0.118. The lowest BCUT2D eigenvalue weighted by Crippen LogP contribution is -2.38. The van der Waals surface area contributed by atoms with Crippen LogP contribution in [0.4, 0.5) is 0 Å². The van der Waals surface area contributed by atoms with Gasteiger partial charge in [-0.25, -0.2) is 0 Å². The Bertz CT molecular complexity index is 187. The normalized spacial score (nSPS) is 19.9. The first-order valence-corrected chi connectivity index (χ1v) is 7.03. The minimum absolute atomic E-state index is 0. The standard InChI is InChI=1S/C11H22N2OS.ClH/c1-2-6-15-9-11(14)13-8-10-4-3-5-12-7-10;/h10,12H,2-9H2,1H3,(H,13,14);1H. The topological polar surface area (TPSA) is 41.1 Å². The first-order chi connectivity index (χ1) is 7.33. The van der Waals surface area contributed by atoms with Crippen LogP contribution in [0.1, 0.15) is 26.2 Å². The third kappa shape index (κ3) is 7.36.